The molecule has 3 nitrogen and oxygen atoms in total. The Morgan fingerprint density at radius 2 is 2.00 bits per heavy atom. The van der Waals surface area contributed by atoms with Crippen LogP contribution in [0.3, 0.4) is 0 Å². The molecular formula is C17H26N2OS. The van der Waals surface area contributed by atoms with Gasteiger partial charge in [0.05, 0.1) is 4.88 Å². The molecule has 2 aliphatic heterocycles. The van der Waals surface area contributed by atoms with Crippen molar-refractivity contribution in [3.05, 3.63) is 22.4 Å². The van der Waals surface area contributed by atoms with Gasteiger partial charge in [0.2, 0.25) is 0 Å². The largest absolute Gasteiger partial charge is 0.337 e. The zero-order chi connectivity index (χ0) is 14.9. The molecule has 0 aromatic carbocycles. The summed E-state index contributed by atoms with van der Waals surface area (Å²) in [4.78, 5) is 18.2. The molecule has 1 aromatic heterocycles. The van der Waals surface area contributed by atoms with Crippen LogP contribution < -0.4 is 0 Å². The third-order valence-electron chi connectivity index (χ3n) is 5.27. The van der Waals surface area contributed by atoms with E-state index in [1.165, 1.54) is 38.8 Å². The summed E-state index contributed by atoms with van der Waals surface area (Å²) in [5, 5.41) is 1.99. The lowest BCUT2D eigenvalue weighted by Crippen LogP contribution is -2.52. The van der Waals surface area contributed by atoms with E-state index in [2.05, 4.69) is 23.6 Å². The highest BCUT2D eigenvalue weighted by Gasteiger charge is 2.40. The molecule has 1 aromatic rings. The Morgan fingerprint density at radius 3 is 2.62 bits per heavy atom. The summed E-state index contributed by atoms with van der Waals surface area (Å²) in [6.45, 7) is 8.86. The van der Waals surface area contributed by atoms with E-state index >= 15 is 0 Å². The van der Waals surface area contributed by atoms with Gasteiger partial charge in [-0.25, -0.2) is 0 Å². The van der Waals surface area contributed by atoms with Crippen molar-refractivity contribution in [3.8, 4) is 0 Å². The fraction of sp³-hybridized carbons (Fsp3) is 0.706. The molecule has 2 saturated heterocycles. The number of carbonyl (C=O) groups is 1. The van der Waals surface area contributed by atoms with Crippen molar-refractivity contribution in [1.82, 2.24) is 9.80 Å². The maximum atomic E-state index is 12.6. The maximum Gasteiger partial charge on any atom is 0.263 e. The van der Waals surface area contributed by atoms with E-state index < -0.39 is 0 Å². The van der Waals surface area contributed by atoms with E-state index in [4.69, 9.17) is 0 Å². The van der Waals surface area contributed by atoms with Gasteiger partial charge in [-0.2, -0.15) is 0 Å². The van der Waals surface area contributed by atoms with Crippen LogP contribution in [-0.4, -0.2) is 47.9 Å². The van der Waals surface area contributed by atoms with Crippen molar-refractivity contribution < 1.29 is 4.79 Å². The van der Waals surface area contributed by atoms with Gasteiger partial charge in [0.15, 0.2) is 0 Å². The zero-order valence-electron chi connectivity index (χ0n) is 13.2. The van der Waals surface area contributed by atoms with Gasteiger partial charge >= 0.3 is 0 Å². The molecule has 0 radical (unpaired) electrons. The van der Waals surface area contributed by atoms with Crippen LogP contribution in [0.4, 0.5) is 0 Å². The molecule has 3 rings (SSSR count). The number of carbonyl (C=O) groups excluding carboxylic acids is 1. The summed E-state index contributed by atoms with van der Waals surface area (Å²) in [6.07, 6.45) is 4.96. The Hall–Kier alpha value is -0.870. The number of rotatable bonds is 2. The summed E-state index contributed by atoms with van der Waals surface area (Å²) in [7, 11) is 0. The number of likely N-dealkylation sites (tertiary alicyclic amines) is 2. The van der Waals surface area contributed by atoms with E-state index in [1.807, 2.05) is 17.5 Å². The van der Waals surface area contributed by atoms with Gasteiger partial charge in [0.25, 0.3) is 5.91 Å². The Kier molecular flexibility index (Phi) is 4.36. The van der Waals surface area contributed by atoms with E-state index in [-0.39, 0.29) is 5.91 Å². The van der Waals surface area contributed by atoms with Crippen molar-refractivity contribution in [2.45, 2.75) is 45.6 Å². The fourth-order valence-corrected chi connectivity index (χ4v) is 4.55. The van der Waals surface area contributed by atoms with Gasteiger partial charge in [-0.05, 0) is 69.5 Å². The van der Waals surface area contributed by atoms with Crippen molar-refractivity contribution in [2.24, 2.45) is 5.41 Å². The summed E-state index contributed by atoms with van der Waals surface area (Å²) in [5.74, 6) is 0.246. The van der Waals surface area contributed by atoms with E-state index in [0.717, 1.165) is 18.0 Å². The van der Waals surface area contributed by atoms with Crippen molar-refractivity contribution in [3.63, 3.8) is 0 Å². The molecule has 1 amide bonds. The predicted octanol–water partition coefficient (Wildman–Crippen LogP) is 3.47. The van der Waals surface area contributed by atoms with Gasteiger partial charge in [-0.3, -0.25) is 4.79 Å². The number of nitrogens with zero attached hydrogens (tertiary/aromatic N) is 2. The Bertz CT molecular complexity index is 475. The average molecular weight is 306 g/mol. The van der Waals surface area contributed by atoms with Crippen LogP contribution in [0.5, 0.6) is 0 Å². The van der Waals surface area contributed by atoms with Gasteiger partial charge in [-0.15, -0.1) is 11.3 Å². The van der Waals surface area contributed by atoms with Crippen molar-refractivity contribution in [2.75, 3.05) is 26.2 Å². The highest BCUT2D eigenvalue weighted by Crippen LogP contribution is 2.40. The lowest BCUT2D eigenvalue weighted by molar-refractivity contribution is 0.0151. The fourth-order valence-electron chi connectivity index (χ4n) is 3.86. The molecule has 0 aliphatic carbocycles. The van der Waals surface area contributed by atoms with Gasteiger partial charge < -0.3 is 9.80 Å². The van der Waals surface area contributed by atoms with Crippen LogP contribution >= 0.6 is 11.3 Å². The third-order valence-corrected chi connectivity index (χ3v) is 6.13. The smallest absolute Gasteiger partial charge is 0.263 e. The first-order valence-corrected chi connectivity index (χ1v) is 9.04. The number of piperidine rings is 2. The van der Waals surface area contributed by atoms with Crippen molar-refractivity contribution >= 4 is 17.2 Å². The first-order chi connectivity index (χ1) is 10.1. The molecule has 4 heteroatoms. The predicted molar refractivity (Wildman–Crippen MR) is 87.8 cm³/mol. The van der Waals surface area contributed by atoms with Crippen molar-refractivity contribution in [1.29, 1.82) is 0 Å². The summed E-state index contributed by atoms with van der Waals surface area (Å²) >= 11 is 1.56. The lowest BCUT2D eigenvalue weighted by atomic mass is 9.72. The number of thiophene rings is 1. The normalized spacial score (nSPS) is 22.9. The second kappa shape index (κ2) is 6.09. The average Bonchev–Trinajstić information content (AvgIpc) is 3.01. The van der Waals surface area contributed by atoms with Crippen LogP contribution in [-0.2, 0) is 0 Å². The second-order valence-electron chi connectivity index (χ2n) is 6.94. The number of hydrogen-bond acceptors (Lipinski definition) is 3. The molecule has 1 spiro atoms. The molecule has 3 heterocycles. The minimum absolute atomic E-state index is 0.246. The first-order valence-electron chi connectivity index (χ1n) is 8.16. The minimum Gasteiger partial charge on any atom is -0.337 e. The summed E-state index contributed by atoms with van der Waals surface area (Å²) < 4.78 is 0. The number of amides is 1. The van der Waals surface area contributed by atoms with Gasteiger partial charge in [0, 0.05) is 19.1 Å². The van der Waals surface area contributed by atoms with E-state index in [0.29, 0.717) is 11.5 Å². The summed E-state index contributed by atoms with van der Waals surface area (Å²) in [6, 6.07) is 4.57. The maximum absolute atomic E-state index is 12.6. The molecule has 0 unspecified atom stereocenters. The Labute approximate surface area is 131 Å². The SMILES string of the molecule is CC(C)N1CCC2(CCCN(C(=O)c3cccs3)C2)CC1. The van der Waals surface area contributed by atoms with E-state index in [9.17, 15) is 4.79 Å². The Morgan fingerprint density at radius 1 is 1.24 bits per heavy atom. The van der Waals surface area contributed by atoms with Gasteiger partial charge in [-0.1, -0.05) is 6.07 Å². The molecule has 21 heavy (non-hydrogen) atoms. The van der Waals surface area contributed by atoms with Crippen LogP contribution in [0, 0.1) is 5.41 Å². The zero-order valence-corrected chi connectivity index (χ0v) is 14.0. The summed E-state index contributed by atoms with van der Waals surface area (Å²) in [5.41, 5.74) is 0.385. The second-order valence-corrected chi connectivity index (χ2v) is 7.88. The number of hydrogen-bond donors (Lipinski definition) is 0. The molecule has 0 atom stereocenters. The molecule has 0 N–H and O–H groups in total. The molecule has 116 valence electrons. The molecule has 2 fully saturated rings. The lowest BCUT2D eigenvalue weighted by Gasteiger charge is -2.48. The topological polar surface area (TPSA) is 23.6 Å². The van der Waals surface area contributed by atoms with Crippen LogP contribution in [0.2, 0.25) is 0 Å². The van der Waals surface area contributed by atoms with Crippen LogP contribution in [0.25, 0.3) is 0 Å². The highest BCUT2D eigenvalue weighted by atomic mass is 32.1. The Balaban J connectivity index is 1.65. The first kappa shape index (κ1) is 15.0. The highest BCUT2D eigenvalue weighted by molar-refractivity contribution is 7.12. The van der Waals surface area contributed by atoms with Gasteiger partial charge in [0.1, 0.15) is 0 Å². The molecule has 0 bridgehead atoms. The molecule has 2 aliphatic rings. The quantitative estimate of drug-likeness (QED) is 0.835. The van der Waals surface area contributed by atoms with E-state index in [1.54, 1.807) is 11.3 Å². The van der Waals surface area contributed by atoms with Crippen LogP contribution in [0.15, 0.2) is 17.5 Å². The van der Waals surface area contributed by atoms with Crippen LogP contribution in [0.1, 0.15) is 49.2 Å². The minimum atomic E-state index is 0.246. The third kappa shape index (κ3) is 3.16. The molecule has 0 saturated carbocycles. The standard InChI is InChI=1S/C17H26N2OS/c1-14(2)18-10-7-17(8-11-18)6-4-9-19(13-17)16(20)15-5-3-12-21-15/h3,5,12,14H,4,6-11,13H2,1-2H3. The monoisotopic (exact) mass is 306 g/mol. The molecular weight excluding hydrogens is 280 g/mol.